The summed E-state index contributed by atoms with van der Waals surface area (Å²) in [6.07, 6.45) is -1.07. The van der Waals surface area contributed by atoms with Gasteiger partial charge in [0.2, 0.25) is 5.91 Å². The summed E-state index contributed by atoms with van der Waals surface area (Å²) in [5.74, 6) is 0.355. The number of aryl methyl sites for hydroxylation is 1. The summed E-state index contributed by atoms with van der Waals surface area (Å²) in [4.78, 5) is 11.9. The molecule has 7 heteroatoms. The smallest absolute Gasteiger partial charge is 0.228 e. The average molecular weight is 268 g/mol. The van der Waals surface area contributed by atoms with Gasteiger partial charge < -0.3 is 24.4 Å². The van der Waals surface area contributed by atoms with Crippen LogP contribution < -0.4 is 5.32 Å². The van der Waals surface area contributed by atoms with E-state index in [2.05, 4.69) is 10.5 Å². The second kappa shape index (κ2) is 4.92. The van der Waals surface area contributed by atoms with Crippen molar-refractivity contribution in [2.45, 2.75) is 37.7 Å². The van der Waals surface area contributed by atoms with E-state index in [0.29, 0.717) is 12.4 Å². The first-order chi connectivity index (χ1) is 9.13. The van der Waals surface area contributed by atoms with Gasteiger partial charge in [0.15, 0.2) is 0 Å². The SMILES string of the molecule is Cc1cc(CC(=O)N[C@H]2CO[C@H]3[C@@H]2OC[C@@H]3O)on1. The molecule has 7 nitrogen and oxygen atoms in total. The monoisotopic (exact) mass is 268 g/mol. The standard InChI is InChI=1S/C12H16N2O5/c1-6-2-7(19-14-6)3-10(16)13-8-4-17-12-9(15)5-18-11(8)12/h2,8-9,11-12,15H,3-5H2,1H3,(H,13,16)/t8-,9-,11+,12+/m0/s1. The minimum Gasteiger partial charge on any atom is -0.388 e. The number of nitrogens with one attached hydrogen (secondary N) is 1. The lowest BCUT2D eigenvalue weighted by Crippen LogP contribution is -2.44. The molecule has 0 bridgehead atoms. The topological polar surface area (TPSA) is 93.8 Å². The molecule has 2 fully saturated rings. The lowest BCUT2D eigenvalue weighted by Gasteiger charge is -2.16. The van der Waals surface area contributed by atoms with Crippen LogP contribution in [-0.2, 0) is 20.7 Å². The van der Waals surface area contributed by atoms with E-state index in [1.54, 1.807) is 13.0 Å². The molecule has 1 aromatic heterocycles. The van der Waals surface area contributed by atoms with Crippen LogP contribution in [0.15, 0.2) is 10.6 Å². The van der Waals surface area contributed by atoms with Gasteiger partial charge in [-0.3, -0.25) is 4.79 Å². The Morgan fingerprint density at radius 2 is 2.26 bits per heavy atom. The number of carbonyl (C=O) groups excluding carboxylic acids is 1. The van der Waals surface area contributed by atoms with Crippen molar-refractivity contribution in [3.63, 3.8) is 0 Å². The summed E-state index contributed by atoms with van der Waals surface area (Å²) in [6, 6.07) is 1.50. The lowest BCUT2D eigenvalue weighted by atomic mass is 10.1. The first kappa shape index (κ1) is 12.6. The maximum Gasteiger partial charge on any atom is 0.228 e. The Labute approximate surface area is 109 Å². The molecular formula is C12H16N2O5. The Bertz CT molecular complexity index is 474. The van der Waals surface area contributed by atoms with Crippen LogP contribution in [0.1, 0.15) is 11.5 Å². The van der Waals surface area contributed by atoms with Gasteiger partial charge in [0.25, 0.3) is 0 Å². The van der Waals surface area contributed by atoms with E-state index >= 15 is 0 Å². The van der Waals surface area contributed by atoms with E-state index in [0.717, 1.165) is 5.69 Å². The van der Waals surface area contributed by atoms with E-state index < -0.39 is 6.10 Å². The third-order valence-corrected chi connectivity index (χ3v) is 3.39. The van der Waals surface area contributed by atoms with Gasteiger partial charge in [0.05, 0.1) is 31.4 Å². The quantitative estimate of drug-likeness (QED) is 0.743. The second-order valence-electron chi connectivity index (χ2n) is 4.95. The second-order valence-corrected chi connectivity index (χ2v) is 4.95. The number of aliphatic hydroxyl groups excluding tert-OH is 1. The van der Waals surface area contributed by atoms with E-state index in [1.807, 2.05) is 0 Å². The van der Waals surface area contributed by atoms with Gasteiger partial charge in [0, 0.05) is 6.07 Å². The van der Waals surface area contributed by atoms with E-state index in [9.17, 15) is 9.90 Å². The van der Waals surface area contributed by atoms with Gasteiger partial charge >= 0.3 is 0 Å². The Hall–Kier alpha value is -1.44. The summed E-state index contributed by atoms with van der Waals surface area (Å²) in [6.45, 7) is 2.41. The van der Waals surface area contributed by atoms with Crippen molar-refractivity contribution >= 4 is 5.91 Å². The van der Waals surface area contributed by atoms with Crippen LogP contribution in [0, 0.1) is 6.92 Å². The molecule has 0 aromatic carbocycles. The molecular weight excluding hydrogens is 252 g/mol. The number of carbonyl (C=O) groups is 1. The molecule has 1 aromatic rings. The molecule has 1 amide bonds. The minimum atomic E-state index is -0.608. The molecule has 0 unspecified atom stereocenters. The van der Waals surface area contributed by atoms with Crippen LogP contribution in [0.4, 0.5) is 0 Å². The Balaban J connectivity index is 1.55. The van der Waals surface area contributed by atoms with Crippen LogP contribution in [0.25, 0.3) is 0 Å². The predicted molar refractivity (Wildman–Crippen MR) is 62.4 cm³/mol. The zero-order valence-corrected chi connectivity index (χ0v) is 10.5. The predicted octanol–water partition coefficient (Wildman–Crippen LogP) is -0.831. The van der Waals surface area contributed by atoms with E-state index in [4.69, 9.17) is 14.0 Å². The number of fused-ring (bicyclic) bond motifs is 1. The number of ether oxygens (including phenoxy) is 2. The molecule has 0 aliphatic carbocycles. The van der Waals surface area contributed by atoms with E-state index in [-0.39, 0.29) is 37.2 Å². The summed E-state index contributed by atoms with van der Waals surface area (Å²) in [5.41, 5.74) is 0.745. The number of aromatic nitrogens is 1. The van der Waals surface area contributed by atoms with Gasteiger partial charge in [-0.05, 0) is 6.92 Å². The van der Waals surface area contributed by atoms with Crippen LogP contribution >= 0.6 is 0 Å². The molecule has 2 saturated heterocycles. The molecule has 3 rings (SSSR count). The van der Waals surface area contributed by atoms with Gasteiger partial charge in [0.1, 0.15) is 24.1 Å². The van der Waals surface area contributed by atoms with Crippen molar-refractivity contribution < 1.29 is 23.9 Å². The van der Waals surface area contributed by atoms with Crippen molar-refractivity contribution in [3.8, 4) is 0 Å². The highest BCUT2D eigenvalue weighted by atomic mass is 16.6. The Morgan fingerprint density at radius 1 is 1.47 bits per heavy atom. The molecule has 19 heavy (non-hydrogen) atoms. The minimum absolute atomic E-state index is 0.136. The lowest BCUT2D eigenvalue weighted by molar-refractivity contribution is -0.122. The Kier molecular flexibility index (Phi) is 3.26. The van der Waals surface area contributed by atoms with Crippen LogP contribution in [0.2, 0.25) is 0 Å². The van der Waals surface area contributed by atoms with Crippen molar-refractivity contribution in [2.24, 2.45) is 0 Å². The Morgan fingerprint density at radius 3 is 3.00 bits per heavy atom. The maximum atomic E-state index is 11.9. The summed E-state index contributed by atoms with van der Waals surface area (Å²) in [7, 11) is 0. The maximum absolute atomic E-state index is 11.9. The fourth-order valence-corrected chi connectivity index (χ4v) is 2.52. The molecule has 0 radical (unpaired) electrons. The van der Waals surface area contributed by atoms with Crippen LogP contribution in [0.3, 0.4) is 0 Å². The molecule has 2 N–H and O–H groups in total. The number of hydrogen-bond acceptors (Lipinski definition) is 6. The third kappa shape index (κ3) is 2.49. The molecule has 0 spiro atoms. The average Bonchev–Trinajstić information content (AvgIpc) is 3.01. The number of rotatable bonds is 3. The van der Waals surface area contributed by atoms with Crippen molar-refractivity contribution in [2.75, 3.05) is 13.2 Å². The molecule has 2 aliphatic heterocycles. The van der Waals surface area contributed by atoms with Crippen LogP contribution in [0.5, 0.6) is 0 Å². The molecule has 2 aliphatic rings. The molecule has 0 saturated carbocycles. The summed E-state index contributed by atoms with van der Waals surface area (Å²) >= 11 is 0. The van der Waals surface area contributed by atoms with Crippen molar-refractivity contribution in [1.82, 2.24) is 10.5 Å². The van der Waals surface area contributed by atoms with Gasteiger partial charge in [-0.15, -0.1) is 0 Å². The van der Waals surface area contributed by atoms with Crippen LogP contribution in [-0.4, -0.2) is 53.7 Å². The number of aliphatic hydroxyl groups is 1. The fourth-order valence-electron chi connectivity index (χ4n) is 2.52. The first-order valence-corrected chi connectivity index (χ1v) is 6.26. The van der Waals surface area contributed by atoms with Crippen molar-refractivity contribution in [3.05, 3.63) is 17.5 Å². The fraction of sp³-hybridized carbons (Fsp3) is 0.667. The number of hydrogen-bond donors (Lipinski definition) is 2. The zero-order valence-electron chi connectivity index (χ0n) is 10.5. The largest absolute Gasteiger partial charge is 0.388 e. The highest BCUT2D eigenvalue weighted by Crippen LogP contribution is 2.26. The number of nitrogens with zero attached hydrogens (tertiary/aromatic N) is 1. The molecule has 4 atom stereocenters. The summed E-state index contributed by atoms with van der Waals surface area (Å²) < 4.78 is 15.9. The normalized spacial score (nSPS) is 33.4. The molecule has 104 valence electrons. The zero-order chi connectivity index (χ0) is 13.4. The summed E-state index contributed by atoms with van der Waals surface area (Å²) in [5, 5.41) is 16.2. The first-order valence-electron chi connectivity index (χ1n) is 6.26. The highest BCUT2D eigenvalue weighted by molar-refractivity contribution is 5.78. The highest BCUT2D eigenvalue weighted by Gasteiger charge is 2.47. The number of amides is 1. The molecule has 3 heterocycles. The van der Waals surface area contributed by atoms with Gasteiger partial charge in [-0.2, -0.15) is 0 Å². The van der Waals surface area contributed by atoms with Gasteiger partial charge in [-0.1, -0.05) is 5.16 Å². The third-order valence-electron chi connectivity index (χ3n) is 3.39. The van der Waals surface area contributed by atoms with Crippen molar-refractivity contribution in [1.29, 1.82) is 0 Å². The van der Waals surface area contributed by atoms with Gasteiger partial charge in [-0.25, -0.2) is 0 Å². The van der Waals surface area contributed by atoms with E-state index in [1.165, 1.54) is 0 Å².